The molecule has 0 fully saturated rings. The van der Waals surface area contributed by atoms with Crippen LogP contribution in [0.15, 0.2) is 18.2 Å². The van der Waals surface area contributed by atoms with Gasteiger partial charge in [-0.2, -0.15) is 0 Å². The largest absolute Gasteiger partial charge is 0.382 e. The normalized spacial score (nSPS) is 11.2. The molecule has 1 rings (SSSR count). The van der Waals surface area contributed by atoms with E-state index in [1.807, 2.05) is 13.8 Å². The quantitative estimate of drug-likeness (QED) is 0.503. The van der Waals surface area contributed by atoms with E-state index in [4.69, 9.17) is 5.73 Å². The number of anilines is 1. The smallest absolute Gasteiger partial charge is 0.270 e. The Hall–Kier alpha value is -0.890. The van der Waals surface area contributed by atoms with Crippen molar-refractivity contribution in [1.82, 2.24) is 0 Å². The summed E-state index contributed by atoms with van der Waals surface area (Å²) in [5.74, 6) is 0. The number of nitrogens with one attached hydrogen (secondary N) is 1. The van der Waals surface area contributed by atoms with Crippen LogP contribution in [0.5, 0.6) is 0 Å². The van der Waals surface area contributed by atoms with Gasteiger partial charge < -0.3 is 11.1 Å². The van der Waals surface area contributed by atoms with Crippen molar-refractivity contribution in [3.63, 3.8) is 0 Å². The van der Waals surface area contributed by atoms with Gasteiger partial charge in [-0.1, -0.05) is 0 Å². The monoisotopic (exact) mass is 335 g/mol. The molecule has 0 aromatic heterocycles. The van der Waals surface area contributed by atoms with Crippen LogP contribution in [-0.4, -0.2) is 17.0 Å². The number of halogens is 1. The molecular formula is C10H14IN3O2. The summed E-state index contributed by atoms with van der Waals surface area (Å²) in [7, 11) is 0. The van der Waals surface area contributed by atoms with E-state index in [2.05, 4.69) is 27.9 Å². The van der Waals surface area contributed by atoms with Gasteiger partial charge in [0, 0.05) is 33.5 Å². The SMILES string of the molecule is CC(C)(N)CNc1ccc([N+](=O)[O-])cc1I. The number of hydrogen-bond donors (Lipinski definition) is 2. The van der Waals surface area contributed by atoms with Gasteiger partial charge in [0.25, 0.3) is 5.69 Å². The van der Waals surface area contributed by atoms with E-state index in [0.29, 0.717) is 6.54 Å². The maximum absolute atomic E-state index is 10.5. The molecule has 0 saturated heterocycles. The Balaban J connectivity index is 2.80. The highest BCUT2D eigenvalue weighted by Gasteiger charge is 2.12. The summed E-state index contributed by atoms with van der Waals surface area (Å²) in [4.78, 5) is 10.1. The third kappa shape index (κ3) is 3.93. The highest BCUT2D eigenvalue weighted by molar-refractivity contribution is 14.1. The second-order valence-corrected chi connectivity index (χ2v) is 5.43. The summed E-state index contributed by atoms with van der Waals surface area (Å²) in [5, 5.41) is 13.7. The number of hydrogen-bond acceptors (Lipinski definition) is 4. The molecule has 0 aliphatic heterocycles. The number of nitrogens with two attached hydrogens (primary N) is 1. The van der Waals surface area contributed by atoms with Crippen molar-refractivity contribution in [2.24, 2.45) is 5.73 Å². The molecule has 88 valence electrons. The van der Waals surface area contributed by atoms with Crippen LogP contribution in [0.4, 0.5) is 11.4 Å². The molecule has 0 aliphatic rings. The lowest BCUT2D eigenvalue weighted by Crippen LogP contribution is -2.39. The first-order valence-electron chi connectivity index (χ1n) is 4.76. The van der Waals surface area contributed by atoms with Crippen LogP contribution >= 0.6 is 22.6 Å². The summed E-state index contributed by atoms with van der Waals surface area (Å²) in [6, 6.07) is 4.71. The van der Waals surface area contributed by atoms with Crippen LogP contribution in [0.1, 0.15) is 13.8 Å². The maximum Gasteiger partial charge on any atom is 0.270 e. The van der Waals surface area contributed by atoms with Gasteiger partial charge in [0.05, 0.1) is 4.92 Å². The van der Waals surface area contributed by atoms with Crippen LogP contribution in [0.25, 0.3) is 0 Å². The number of nitro groups is 1. The summed E-state index contributed by atoms with van der Waals surface area (Å²) in [5.41, 5.74) is 6.49. The summed E-state index contributed by atoms with van der Waals surface area (Å²) in [6.45, 7) is 4.44. The van der Waals surface area contributed by atoms with Gasteiger partial charge in [0.15, 0.2) is 0 Å². The second kappa shape index (κ2) is 4.96. The zero-order valence-corrected chi connectivity index (χ0v) is 11.3. The molecule has 0 bridgehead atoms. The third-order valence-electron chi connectivity index (χ3n) is 1.90. The molecule has 3 N–H and O–H groups in total. The van der Waals surface area contributed by atoms with Gasteiger partial charge in [-0.3, -0.25) is 10.1 Å². The van der Waals surface area contributed by atoms with Crippen molar-refractivity contribution in [1.29, 1.82) is 0 Å². The summed E-state index contributed by atoms with van der Waals surface area (Å²) in [6.07, 6.45) is 0. The first-order chi connectivity index (χ1) is 7.29. The summed E-state index contributed by atoms with van der Waals surface area (Å²) < 4.78 is 0.816. The molecule has 0 amide bonds. The number of benzene rings is 1. The highest BCUT2D eigenvalue weighted by Crippen LogP contribution is 2.23. The molecule has 0 unspecified atom stereocenters. The van der Waals surface area contributed by atoms with Gasteiger partial charge in [0.2, 0.25) is 0 Å². The molecule has 0 aliphatic carbocycles. The molecule has 0 radical (unpaired) electrons. The third-order valence-corrected chi connectivity index (χ3v) is 2.79. The van der Waals surface area contributed by atoms with E-state index in [0.717, 1.165) is 9.26 Å². The van der Waals surface area contributed by atoms with Crippen molar-refractivity contribution in [3.8, 4) is 0 Å². The Morgan fingerprint density at radius 2 is 2.19 bits per heavy atom. The average molecular weight is 335 g/mol. The predicted molar refractivity (Wildman–Crippen MR) is 72.6 cm³/mol. The van der Waals surface area contributed by atoms with Gasteiger partial charge in [-0.15, -0.1) is 0 Å². The van der Waals surface area contributed by atoms with E-state index in [1.54, 1.807) is 6.07 Å². The maximum atomic E-state index is 10.5. The van der Waals surface area contributed by atoms with Crippen molar-refractivity contribution >= 4 is 34.0 Å². The van der Waals surface area contributed by atoms with Crippen molar-refractivity contribution in [2.75, 3.05) is 11.9 Å². The number of nitro benzene ring substituents is 1. The molecule has 0 atom stereocenters. The first kappa shape index (κ1) is 13.2. The number of nitrogens with zero attached hydrogens (tertiary/aromatic N) is 1. The van der Waals surface area contributed by atoms with Gasteiger partial charge >= 0.3 is 0 Å². The molecule has 1 aromatic carbocycles. The van der Waals surface area contributed by atoms with Crippen LogP contribution in [-0.2, 0) is 0 Å². The fourth-order valence-corrected chi connectivity index (χ4v) is 1.77. The van der Waals surface area contributed by atoms with Crippen LogP contribution in [0.3, 0.4) is 0 Å². The Morgan fingerprint density at radius 3 is 2.62 bits per heavy atom. The fourth-order valence-electron chi connectivity index (χ4n) is 1.08. The van der Waals surface area contributed by atoms with E-state index < -0.39 is 4.92 Å². The average Bonchev–Trinajstić information content (AvgIpc) is 2.14. The Kier molecular flexibility index (Phi) is 4.09. The second-order valence-electron chi connectivity index (χ2n) is 4.26. The standard InChI is InChI=1S/C10H14IN3O2/c1-10(2,12)6-13-9-4-3-7(14(15)16)5-8(9)11/h3-5,13H,6,12H2,1-2H3. The molecule has 6 heteroatoms. The van der Waals surface area contributed by atoms with E-state index in [9.17, 15) is 10.1 Å². The first-order valence-corrected chi connectivity index (χ1v) is 5.84. The molecule has 1 aromatic rings. The van der Waals surface area contributed by atoms with Gasteiger partial charge in [0.1, 0.15) is 0 Å². The molecule has 5 nitrogen and oxygen atoms in total. The predicted octanol–water partition coefficient (Wildman–Crippen LogP) is 2.35. The Morgan fingerprint density at radius 1 is 1.56 bits per heavy atom. The minimum absolute atomic E-state index is 0.0990. The van der Waals surface area contributed by atoms with E-state index >= 15 is 0 Å². The summed E-state index contributed by atoms with van der Waals surface area (Å²) >= 11 is 2.06. The van der Waals surface area contributed by atoms with Gasteiger partial charge in [-0.25, -0.2) is 0 Å². The minimum atomic E-state index is -0.404. The molecule has 0 saturated carbocycles. The lowest BCUT2D eigenvalue weighted by molar-refractivity contribution is -0.384. The number of non-ortho nitro benzene ring substituents is 1. The molecule has 0 heterocycles. The molecule has 0 spiro atoms. The topological polar surface area (TPSA) is 81.2 Å². The van der Waals surface area contributed by atoms with Crippen molar-refractivity contribution < 1.29 is 4.92 Å². The highest BCUT2D eigenvalue weighted by atomic mass is 127. The van der Waals surface area contributed by atoms with E-state index in [1.165, 1.54) is 12.1 Å². The van der Waals surface area contributed by atoms with Gasteiger partial charge in [-0.05, 0) is 42.5 Å². The van der Waals surface area contributed by atoms with Crippen LogP contribution < -0.4 is 11.1 Å². The minimum Gasteiger partial charge on any atom is -0.382 e. The van der Waals surface area contributed by atoms with E-state index in [-0.39, 0.29) is 11.2 Å². The van der Waals surface area contributed by atoms with Crippen LogP contribution in [0, 0.1) is 13.7 Å². The van der Waals surface area contributed by atoms with Crippen LogP contribution in [0.2, 0.25) is 0 Å². The fraction of sp³-hybridized carbons (Fsp3) is 0.400. The lowest BCUT2D eigenvalue weighted by atomic mass is 10.1. The zero-order chi connectivity index (χ0) is 12.3. The Labute approximate surface area is 108 Å². The molecular weight excluding hydrogens is 321 g/mol. The Bertz CT molecular complexity index is 402. The van der Waals surface area contributed by atoms with Crippen molar-refractivity contribution in [3.05, 3.63) is 31.9 Å². The number of rotatable bonds is 4. The van der Waals surface area contributed by atoms with Crippen molar-refractivity contribution in [2.45, 2.75) is 19.4 Å². The zero-order valence-electron chi connectivity index (χ0n) is 9.16. The lowest BCUT2D eigenvalue weighted by Gasteiger charge is -2.20. The molecule has 16 heavy (non-hydrogen) atoms.